The average molecular weight is 367 g/mol. The minimum atomic E-state index is -3.96. The molecule has 124 valence electrons. The van der Waals surface area contributed by atoms with Crippen LogP contribution in [0.5, 0.6) is 0 Å². The average Bonchev–Trinajstić information content (AvgIpc) is 2.97. The minimum Gasteiger partial charge on any atom is -0.262 e. The normalized spacial score (nSPS) is 11.5. The summed E-state index contributed by atoms with van der Waals surface area (Å²) in [7, 11) is -3.96. The Labute approximate surface area is 143 Å². The lowest BCUT2D eigenvalue weighted by Gasteiger charge is -2.08. The standard InChI is InChI=1S/C15H12ClFN4O2S/c1-10-4-5-11(17)9-13(10)24(22,23)20-14-6-8-21(19-14)15-12(16)3-2-7-18-15/h2-9H,1H3,(H,19,20). The van der Waals surface area contributed by atoms with Gasteiger partial charge in [-0.2, -0.15) is 0 Å². The van der Waals surface area contributed by atoms with E-state index in [1.54, 1.807) is 25.3 Å². The molecule has 2 heterocycles. The molecule has 0 aliphatic heterocycles. The summed E-state index contributed by atoms with van der Waals surface area (Å²) in [6, 6.07) is 8.33. The van der Waals surface area contributed by atoms with Gasteiger partial charge in [0.25, 0.3) is 10.0 Å². The maximum absolute atomic E-state index is 13.4. The Bertz CT molecular complexity index is 1000. The fourth-order valence-corrected chi connectivity index (χ4v) is 3.56. The molecule has 0 spiro atoms. The molecule has 3 aromatic rings. The second kappa shape index (κ2) is 6.21. The molecule has 0 saturated carbocycles. The summed E-state index contributed by atoms with van der Waals surface area (Å²) in [5.41, 5.74) is 0.427. The number of nitrogens with zero attached hydrogens (tertiary/aromatic N) is 3. The quantitative estimate of drug-likeness (QED) is 0.769. The smallest absolute Gasteiger partial charge is 0.262 e. The molecule has 0 fully saturated rings. The maximum Gasteiger partial charge on any atom is 0.263 e. The Kier molecular flexibility index (Phi) is 4.25. The second-order valence-corrected chi connectivity index (χ2v) is 7.03. The van der Waals surface area contributed by atoms with Gasteiger partial charge in [0.05, 0.1) is 9.92 Å². The van der Waals surface area contributed by atoms with E-state index in [2.05, 4.69) is 14.8 Å². The van der Waals surface area contributed by atoms with Crippen LogP contribution in [0.3, 0.4) is 0 Å². The molecule has 2 aromatic heterocycles. The highest BCUT2D eigenvalue weighted by atomic mass is 35.5. The van der Waals surface area contributed by atoms with Gasteiger partial charge in [-0.3, -0.25) is 4.72 Å². The maximum atomic E-state index is 13.4. The first kappa shape index (κ1) is 16.4. The van der Waals surface area contributed by atoms with Gasteiger partial charge < -0.3 is 0 Å². The topological polar surface area (TPSA) is 76.9 Å². The van der Waals surface area contributed by atoms with Gasteiger partial charge in [-0.05, 0) is 36.8 Å². The first-order valence-corrected chi connectivity index (χ1v) is 8.68. The van der Waals surface area contributed by atoms with Crippen molar-refractivity contribution in [3.63, 3.8) is 0 Å². The molecule has 0 bridgehead atoms. The van der Waals surface area contributed by atoms with Crippen molar-refractivity contribution < 1.29 is 12.8 Å². The molecule has 0 aliphatic carbocycles. The molecule has 1 N–H and O–H groups in total. The molecule has 0 radical (unpaired) electrons. The van der Waals surface area contributed by atoms with Gasteiger partial charge in [-0.1, -0.05) is 17.7 Å². The van der Waals surface area contributed by atoms with Crippen molar-refractivity contribution in [3.8, 4) is 5.82 Å². The zero-order valence-corrected chi connectivity index (χ0v) is 14.0. The molecule has 6 nitrogen and oxygen atoms in total. The van der Waals surface area contributed by atoms with E-state index in [-0.39, 0.29) is 10.7 Å². The van der Waals surface area contributed by atoms with Crippen molar-refractivity contribution in [1.82, 2.24) is 14.8 Å². The third-order valence-corrected chi connectivity index (χ3v) is 5.02. The van der Waals surface area contributed by atoms with Crippen molar-refractivity contribution in [1.29, 1.82) is 0 Å². The lowest BCUT2D eigenvalue weighted by Crippen LogP contribution is -2.15. The first-order valence-electron chi connectivity index (χ1n) is 6.82. The fourth-order valence-electron chi connectivity index (χ4n) is 2.10. The van der Waals surface area contributed by atoms with Crippen LogP contribution in [0.4, 0.5) is 10.2 Å². The summed E-state index contributed by atoms with van der Waals surface area (Å²) in [6.45, 7) is 1.58. The molecule has 9 heteroatoms. The summed E-state index contributed by atoms with van der Waals surface area (Å²) in [5.74, 6) is -0.196. The Morgan fingerprint density at radius 3 is 2.79 bits per heavy atom. The van der Waals surface area contributed by atoms with Crippen molar-refractivity contribution in [2.75, 3.05) is 4.72 Å². The molecule has 3 rings (SSSR count). The zero-order chi connectivity index (χ0) is 17.3. The van der Waals surface area contributed by atoms with Crippen LogP contribution in [0.15, 0.2) is 53.7 Å². The number of hydrogen-bond acceptors (Lipinski definition) is 4. The fraction of sp³-hybridized carbons (Fsp3) is 0.0667. The third-order valence-electron chi connectivity index (χ3n) is 3.22. The molecule has 0 unspecified atom stereocenters. The summed E-state index contributed by atoms with van der Waals surface area (Å²) >= 11 is 6.03. The number of hydrogen-bond donors (Lipinski definition) is 1. The van der Waals surface area contributed by atoms with E-state index >= 15 is 0 Å². The predicted molar refractivity (Wildman–Crippen MR) is 88.3 cm³/mol. The summed E-state index contributed by atoms with van der Waals surface area (Å²) in [5, 5.41) is 4.46. The van der Waals surface area contributed by atoms with Gasteiger partial charge in [0.1, 0.15) is 5.82 Å². The Morgan fingerprint density at radius 2 is 2.04 bits per heavy atom. The number of anilines is 1. The van der Waals surface area contributed by atoms with Crippen molar-refractivity contribution in [3.05, 3.63) is 65.2 Å². The van der Waals surface area contributed by atoms with E-state index in [9.17, 15) is 12.8 Å². The number of nitrogens with one attached hydrogen (secondary N) is 1. The van der Waals surface area contributed by atoms with Crippen LogP contribution in [0.2, 0.25) is 5.02 Å². The number of aryl methyl sites for hydroxylation is 1. The lowest BCUT2D eigenvalue weighted by molar-refractivity contribution is 0.594. The van der Waals surface area contributed by atoms with Gasteiger partial charge in [-0.25, -0.2) is 22.5 Å². The Hall–Kier alpha value is -2.45. The first-order chi connectivity index (χ1) is 11.4. The molecule has 0 atom stereocenters. The van der Waals surface area contributed by atoms with E-state index in [0.29, 0.717) is 16.4 Å². The summed E-state index contributed by atoms with van der Waals surface area (Å²) in [6.07, 6.45) is 3.06. The third kappa shape index (κ3) is 3.24. The number of aromatic nitrogens is 3. The highest BCUT2D eigenvalue weighted by Crippen LogP contribution is 2.21. The monoisotopic (exact) mass is 366 g/mol. The number of halogens is 2. The Balaban J connectivity index is 1.92. The SMILES string of the molecule is Cc1ccc(F)cc1S(=O)(=O)Nc1ccn(-c2ncccc2Cl)n1. The molecule has 0 amide bonds. The number of sulfonamides is 1. The van der Waals surface area contributed by atoms with E-state index in [4.69, 9.17) is 11.6 Å². The molecule has 0 saturated heterocycles. The van der Waals surface area contributed by atoms with Gasteiger partial charge in [0, 0.05) is 18.5 Å². The van der Waals surface area contributed by atoms with E-state index in [1.807, 2.05) is 0 Å². The largest absolute Gasteiger partial charge is 0.263 e. The highest BCUT2D eigenvalue weighted by Gasteiger charge is 2.19. The molecular formula is C15H12ClFN4O2S. The van der Waals surface area contributed by atoms with Crippen molar-refractivity contribution in [2.45, 2.75) is 11.8 Å². The highest BCUT2D eigenvalue weighted by molar-refractivity contribution is 7.92. The van der Waals surface area contributed by atoms with Crippen molar-refractivity contribution >= 4 is 27.4 Å². The van der Waals surface area contributed by atoms with Crippen LogP contribution >= 0.6 is 11.6 Å². The van der Waals surface area contributed by atoms with Gasteiger partial charge in [0.15, 0.2) is 11.6 Å². The number of pyridine rings is 1. The van der Waals surface area contributed by atoms with Gasteiger partial charge in [0.2, 0.25) is 0 Å². The second-order valence-electron chi connectivity index (χ2n) is 4.97. The number of benzene rings is 1. The van der Waals surface area contributed by atoms with Gasteiger partial charge in [-0.15, -0.1) is 5.10 Å². The molecular weight excluding hydrogens is 355 g/mol. The zero-order valence-electron chi connectivity index (χ0n) is 12.4. The minimum absolute atomic E-state index is 0.0698. The van der Waals surface area contributed by atoms with E-state index in [0.717, 1.165) is 6.07 Å². The van der Waals surface area contributed by atoms with E-state index in [1.165, 1.54) is 29.1 Å². The Morgan fingerprint density at radius 1 is 1.25 bits per heavy atom. The van der Waals surface area contributed by atoms with Crippen molar-refractivity contribution in [2.24, 2.45) is 0 Å². The molecule has 1 aromatic carbocycles. The van der Waals surface area contributed by atoms with E-state index < -0.39 is 15.8 Å². The van der Waals surface area contributed by atoms with Crippen LogP contribution in [0.25, 0.3) is 5.82 Å². The number of rotatable bonds is 4. The van der Waals surface area contributed by atoms with Crippen LogP contribution in [0.1, 0.15) is 5.56 Å². The predicted octanol–water partition coefficient (Wildman–Crippen LogP) is 3.17. The summed E-state index contributed by atoms with van der Waals surface area (Å²) in [4.78, 5) is 3.94. The summed E-state index contributed by atoms with van der Waals surface area (Å²) < 4.78 is 41.8. The van der Waals surface area contributed by atoms with Gasteiger partial charge >= 0.3 is 0 Å². The lowest BCUT2D eigenvalue weighted by atomic mass is 10.2. The van der Waals surface area contributed by atoms with Crippen LogP contribution in [-0.2, 0) is 10.0 Å². The van der Waals surface area contributed by atoms with Crippen LogP contribution in [0, 0.1) is 12.7 Å². The van der Waals surface area contributed by atoms with Crippen LogP contribution in [-0.4, -0.2) is 23.2 Å². The molecule has 24 heavy (non-hydrogen) atoms. The van der Waals surface area contributed by atoms with Crippen LogP contribution < -0.4 is 4.72 Å². The molecule has 0 aliphatic rings.